The summed E-state index contributed by atoms with van der Waals surface area (Å²) >= 11 is 10.6. The smallest absolute Gasteiger partial charge is 0.254 e. The maximum Gasteiger partial charge on any atom is 0.254 e. The Hall–Kier alpha value is -1.98. The van der Waals surface area contributed by atoms with Gasteiger partial charge in [0.2, 0.25) is 0 Å². The van der Waals surface area contributed by atoms with E-state index < -0.39 is 11.7 Å². The minimum atomic E-state index is -0.610. The van der Waals surface area contributed by atoms with Crippen molar-refractivity contribution in [1.29, 1.82) is 0 Å². The minimum Gasteiger partial charge on any atom is -0.389 e. The number of amides is 1. The molecule has 3 N–H and O–H groups in total. The number of halogens is 2. The van der Waals surface area contributed by atoms with Crippen molar-refractivity contribution in [3.63, 3.8) is 0 Å². The van der Waals surface area contributed by atoms with E-state index >= 15 is 0 Å². The highest BCUT2D eigenvalue weighted by atomic mass is 35.5. The van der Waals surface area contributed by atoms with Crippen LogP contribution in [0.1, 0.15) is 21.5 Å². The molecule has 0 saturated heterocycles. The van der Waals surface area contributed by atoms with Crippen LogP contribution in [-0.4, -0.2) is 10.9 Å². The van der Waals surface area contributed by atoms with Crippen LogP contribution >= 0.6 is 23.8 Å². The van der Waals surface area contributed by atoms with Crippen LogP contribution in [0.15, 0.2) is 42.5 Å². The lowest BCUT2D eigenvalue weighted by atomic mass is 10.1. The van der Waals surface area contributed by atoms with Crippen molar-refractivity contribution in [2.45, 2.75) is 6.54 Å². The molecule has 0 atom stereocenters. The Kier molecular flexibility index (Phi) is 4.88. The Balaban J connectivity index is 2.04. The molecule has 2 aromatic carbocycles. The molecule has 0 aromatic heterocycles. The van der Waals surface area contributed by atoms with Crippen molar-refractivity contribution >= 4 is 34.7 Å². The largest absolute Gasteiger partial charge is 0.389 e. The number of hydrogen-bond donors (Lipinski definition) is 2. The third-order valence-corrected chi connectivity index (χ3v) is 3.34. The van der Waals surface area contributed by atoms with Crippen molar-refractivity contribution in [3.8, 4) is 0 Å². The maximum atomic E-state index is 13.5. The van der Waals surface area contributed by atoms with Crippen LogP contribution in [0.5, 0.6) is 0 Å². The second kappa shape index (κ2) is 6.65. The third kappa shape index (κ3) is 4.00. The summed E-state index contributed by atoms with van der Waals surface area (Å²) in [4.78, 5) is 12.2. The first kappa shape index (κ1) is 15.4. The Morgan fingerprint density at radius 2 is 1.90 bits per heavy atom. The van der Waals surface area contributed by atoms with Crippen molar-refractivity contribution in [1.82, 2.24) is 5.32 Å². The molecule has 108 valence electrons. The fourth-order valence-electron chi connectivity index (χ4n) is 1.74. The van der Waals surface area contributed by atoms with Crippen LogP contribution in [0.3, 0.4) is 0 Å². The summed E-state index contributed by atoms with van der Waals surface area (Å²) in [6.07, 6.45) is 0. The average Bonchev–Trinajstić information content (AvgIpc) is 2.47. The number of nitrogens with one attached hydrogen (secondary N) is 1. The van der Waals surface area contributed by atoms with E-state index in [1.165, 1.54) is 12.1 Å². The lowest BCUT2D eigenvalue weighted by Crippen LogP contribution is -2.23. The van der Waals surface area contributed by atoms with Crippen LogP contribution < -0.4 is 11.1 Å². The summed E-state index contributed by atoms with van der Waals surface area (Å²) in [5.41, 5.74) is 7.02. The van der Waals surface area contributed by atoms with E-state index in [1.54, 1.807) is 24.3 Å². The zero-order valence-corrected chi connectivity index (χ0v) is 12.5. The van der Waals surface area contributed by atoms with Gasteiger partial charge in [0, 0.05) is 17.1 Å². The van der Waals surface area contributed by atoms with Gasteiger partial charge in [-0.2, -0.15) is 0 Å². The van der Waals surface area contributed by atoms with E-state index in [-0.39, 0.29) is 12.1 Å². The van der Waals surface area contributed by atoms with Gasteiger partial charge in [0.1, 0.15) is 10.8 Å². The highest BCUT2D eigenvalue weighted by Crippen LogP contribution is 2.15. The van der Waals surface area contributed by atoms with Gasteiger partial charge in [0.05, 0.1) is 5.56 Å². The highest BCUT2D eigenvalue weighted by molar-refractivity contribution is 7.80. The zero-order valence-electron chi connectivity index (χ0n) is 10.9. The monoisotopic (exact) mass is 322 g/mol. The number of thiocarbonyl (C=S) groups is 1. The van der Waals surface area contributed by atoms with Crippen LogP contribution in [0.25, 0.3) is 0 Å². The molecule has 0 aliphatic heterocycles. The van der Waals surface area contributed by atoms with Crippen LogP contribution in [0.2, 0.25) is 5.02 Å². The quantitative estimate of drug-likeness (QED) is 0.851. The molecule has 0 radical (unpaired) electrons. The Bertz CT molecular complexity index is 689. The van der Waals surface area contributed by atoms with Gasteiger partial charge in [0.25, 0.3) is 5.91 Å². The molecular formula is C15H12ClFN2OS. The molecule has 0 saturated carbocycles. The first-order valence-corrected chi connectivity index (χ1v) is 6.88. The SMILES string of the molecule is NC(=S)c1ccc(CNC(=O)c2cc(Cl)ccc2F)cc1. The molecule has 0 aliphatic carbocycles. The fourth-order valence-corrected chi connectivity index (χ4v) is 2.04. The molecular weight excluding hydrogens is 311 g/mol. The van der Waals surface area contributed by atoms with E-state index in [2.05, 4.69) is 5.32 Å². The number of carbonyl (C=O) groups excluding carboxylic acids is 1. The van der Waals surface area contributed by atoms with E-state index in [0.717, 1.165) is 17.2 Å². The average molecular weight is 323 g/mol. The van der Waals surface area contributed by atoms with Gasteiger partial charge < -0.3 is 11.1 Å². The first-order valence-electron chi connectivity index (χ1n) is 6.09. The van der Waals surface area contributed by atoms with Gasteiger partial charge in [-0.15, -0.1) is 0 Å². The first-order chi connectivity index (χ1) is 9.97. The summed E-state index contributed by atoms with van der Waals surface area (Å²) in [6, 6.07) is 11.0. The van der Waals surface area contributed by atoms with E-state index in [1.807, 2.05) is 0 Å². The van der Waals surface area contributed by atoms with Crippen LogP contribution in [-0.2, 0) is 6.54 Å². The van der Waals surface area contributed by atoms with Crippen molar-refractivity contribution in [3.05, 3.63) is 70.0 Å². The summed E-state index contributed by atoms with van der Waals surface area (Å²) in [5.74, 6) is -1.13. The summed E-state index contributed by atoms with van der Waals surface area (Å²) in [7, 11) is 0. The second-order valence-electron chi connectivity index (χ2n) is 4.37. The molecule has 21 heavy (non-hydrogen) atoms. The lowest BCUT2D eigenvalue weighted by Gasteiger charge is -2.07. The molecule has 0 fully saturated rings. The summed E-state index contributed by atoms with van der Waals surface area (Å²) < 4.78 is 13.5. The Morgan fingerprint density at radius 1 is 1.24 bits per heavy atom. The topological polar surface area (TPSA) is 55.1 Å². The van der Waals surface area contributed by atoms with E-state index in [4.69, 9.17) is 29.6 Å². The fraction of sp³-hybridized carbons (Fsp3) is 0.0667. The van der Waals surface area contributed by atoms with Gasteiger partial charge in [0.15, 0.2) is 0 Å². The Labute approximate surface area is 131 Å². The van der Waals surface area contributed by atoms with Crippen LogP contribution in [0, 0.1) is 5.82 Å². The van der Waals surface area contributed by atoms with Gasteiger partial charge in [-0.25, -0.2) is 4.39 Å². The van der Waals surface area contributed by atoms with Crippen molar-refractivity contribution in [2.75, 3.05) is 0 Å². The number of rotatable bonds is 4. The molecule has 0 aliphatic rings. The number of carbonyl (C=O) groups is 1. The van der Waals surface area contributed by atoms with Crippen molar-refractivity contribution < 1.29 is 9.18 Å². The van der Waals surface area contributed by atoms with Gasteiger partial charge in [-0.05, 0) is 23.8 Å². The normalized spacial score (nSPS) is 10.2. The standard InChI is InChI=1S/C15H12ClFN2OS/c16-11-5-6-13(17)12(7-11)15(20)19-8-9-1-3-10(4-2-9)14(18)21/h1-7H,8H2,(H2,18,21)(H,19,20). The lowest BCUT2D eigenvalue weighted by molar-refractivity contribution is 0.0947. The van der Waals surface area contributed by atoms with Gasteiger partial charge >= 0.3 is 0 Å². The minimum absolute atomic E-state index is 0.0812. The zero-order chi connectivity index (χ0) is 15.4. The molecule has 0 unspecified atom stereocenters. The molecule has 2 rings (SSSR count). The molecule has 0 heterocycles. The number of hydrogen-bond acceptors (Lipinski definition) is 2. The predicted octanol–water partition coefficient (Wildman–Crippen LogP) is 3.04. The van der Waals surface area contributed by atoms with E-state index in [0.29, 0.717) is 10.0 Å². The predicted molar refractivity (Wildman–Crippen MR) is 84.9 cm³/mol. The Morgan fingerprint density at radius 3 is 2.52 bits per heavy atom. The maximum absolute atomic E-state index is 13.5. The molecule has 2 aromatic rings. The molecule has 6 heteroatoms. The second-order valence-corrected chi connectivity index (χ2v) is 5.24. The molecule has 1 amide bonds. The highest BCUT2D eigenvalue weighted by Gasteiger charge is 2.11. The van der Waals surface area contributed by atoms with Gasteiger partial charge in [-0.1, -0.05) is 48.1 Å². The number of benzene rings is 2. The van der Waals surface area contributed by atoms with E-state index in [9.17, 15) is 9.18 Å². The summed E-state index contributed by atoms with van der Waals surface area (Å²) in [6.45, 7) is 0.266. The van der Waals surface area contributed by atoms with Gasteiger partial charge in [-0.3, -0.25) is 4.79 Å². The summed E-state index contributed by atoms with van der Waals surface area (Å²) in [5, 5.41) is 2.94. The molecule has 0 bridgehead atoms. The molecule has 0 spiro atoms. The van der Waals surface area contributed by atoms with Crippen LogP contribution in [0.4, 0.5) is 4.39 Å². The molecule has 3 nitrogen and oxygen atoms in total. The van der Waals surface area contributed by atoms with Crippen molar-refractivity contribution in [2.24, 2.45) is 5.73 Å². The number of nitrogens with two attached hydrogens (primary N) is 1. The third-order valence-electron chi connectivity index (χ3n) is 2.86.